The van der Waals surface area contributed by atoms with Crippen molar-refractivity contribution in [2.45, 2.75) is 18.4 Å². The van der Waals surface area contributed by atoms with E-state index >= 15 is 0 Å². The quantitative estimate of drug-likeness (QED) is 0.714. The van der Waals surface area contributed by atoms with Crippen LogP contribution in [0.5, 0.6) is 0 Å². The zero-order valence-corrected chi connectivity index (χ0v) is 13.1. The Morgan fingerprint density at radius 1 is 1.05 bits per heavy atom. The molecule has 0 aromatic heterocycles. The lowest BCUT2D eigenvalue weighted by molar-refractivity contribution is -0.137. The molecule has 7 nitrogen and oxygen atoms in total. The van der Waals surface area contributed by atoms with Crippen molar-refractivity contribution in [1.82, 2.24) is 9.21 Å². The van der Waals surface area contributed by atoms with E-state index in [1.54, 1.807) is 4.90 Å². The first kappa shape index (κ1) is 15.4. The second kappa shape index (κ2) is 5.31. The second-order valence-electron chi connectivity index (χ2n) is 6.01. The number of hydrogen-bond donors (Lipinski definition) is 2. The van der Waals surface area contributed by atoms with Crippen molar-refractivity contribution in [1.29, 1.82) is 0 Å². The molecule has 1 aliphatic heterocycles. The summed E-state index contributed by atoms with van der Waals surface area (Å²) in [6.07, 6.45) is 1.05. The summed E-state index contributed by atoms with van der Waals surface area (Å²) in [5.41, 5.74) is 7.66. The van der Waals surface area contributed by atoms with Crippen molar-refractivity contribution in [3.05, 3.63) is 35.4 Å². The molecule has 1 amide bonds. The van der Waals surface area contributed by atoms with Gasteiger partial charge in [-0.3, -0.25) is 4.79 Å². The van der Waals surface area contributed by atoms with E-state index in [-0.39, 0.29) is 19.0 Å². The molecule has 0 bridgehead atoms. The number of nitrogens with two attached hydrogens (primary N) is 2. The number of carbonyl (C=O) groups excluding carboxylic acids is 1. The normalized spacial score (nSPS) is 21.6. The van der Waals surface area contributed by atoms with Gasteiger partial charge in [0, 0.05) is 26.2 Å². The number of rotatable bonds is 2. The summed E-state index contributed by atoms with van der Waals surface area (Å²) in [5, 5.41) is 5.11. The highest BCUT2D eigenvalue weighted by Crippen LogP contribution is 2.30. The van der Waals surface area contributed by atoms with Gasteiger partial charge in [0.15, 0.2) is 0 Å². The van der Waals surface area contributed by atoms with Crippen LogP contribution < -0.4 is 10.9 Å². The van der Waals surface area contributed by atoms with Crippen molar-refractivity contribution in [2.75, 3.05) is 26.2 Å². The fraction of sp³-hybridized carbons (Fsp3) is 0.500. The number of amides is 1. The van der Waals surface area contributed by atoms with Crippen LogP contribution in [0.1, 0.15) is 11.1 Å². The van der Waals surface area contributed by atoms with E-state index in [1.807, 2.05) is 24.3 Å². The molecule has 4 N–H and O–H groups in total. The molecule has 3 rings (SSSR count). The van der Waals surface area contributed by atoms with Crippen LogP contribution in [0, 0.1) is 0 Å². The summed E-state index contributed by atoms with van der Waals surface area (Å²) < 4.78 is 23.8. The molecule has 0 unspecified atom stereocenters. The Balaban J connectivity index is 1.69. The Kier molecular flexibility index (Phi) is 3.72. The monoisotopic (exact) mass is 324 g/mol. The second-order valence-corrected chi connectivity index (χ2v) is 7.56. The van der Waals surface area contributed by atoms with E-state index in [1.165, 1.54) is 4.31 Å². The lowest BCUT2D eigenvalue weighted by atomic mass is 9.95. The Morgan fingerprint density at radius 2 is 1.55 bits per heavy atom. The van der Waals surface area contributed by atoms with Crippen LogP contribution in [0.15, 0.2) is 24.3 Å². The predicted octanol–water partition coefficient (Wildman–Crippen LogP) is -1.17. The molecule has 8 heteroatoms. The molecule has 1 aromatic carbocycles. The van der Waals surface area contributed by atoms with Crippen LogP contribution in [-0.2, 0) is 27.8 Å². The number of piperazine rings is 1. The first-order chi connectivity index (χ1) is 10.3. The van der Waals surface area contributed by atoms with Gasteiger partial charge in [0.25, 0.3) is 10.2 Å². The van der Waals surface area contributed by atoms with Crippen LogP contribution >= 0.6 is 0 Å². The van der Waals surface area contributed by atoms with Gasteiger partial charge in [0.1, 0.15) is 5.54 Å². The molecular formula is C14H20N4O3S. The number of fused-ring (bicyclic) bond motifs is 1. The number of carbonyl (C=O) groups is 1. The Labute approximate surface area is 130 Å². The number of nitrogens with zero attached hydrogens (tertiary/aromatic N) is 2. The Bertz CT molecular complexity index is 671. The average Bonchev–Trinajstić information content (AvgIpc) is 2.83. The summed E-state index contributed by atoms with van der Waals surface area (Å²) in [5.74, 6) is -0.113. The van der Waals surface area contributed by atoms with Crippen LogP contribution in [0.4, 0.5) is 0 Å². The third-order valence-electron chi connectivity index (χ3n) is 4.44. The minimum Gasteiger partial charge on any atom is -0.338 e. The van der Waals surface area contributed by atoms with Gasteiger partial charge in [-0.1, -0.05) is 24.3 Å². The third kappa shape index (κ3) is 2.74. The van der Waals surface area contributed by atoms with E-state index in [0.29, 0.717) is 25.9 Å². The van der Waals surface area contributed by atoms with Gasteiger partial charge in [0.2, 0.25) is 5.91 Å². The Hall–Kier alpha value is -1.48. The zero-order valence-electron chi connectivity index (χ0n) is 12.2. The van der Waals surface area contributed by atoms with Crippen LogP contribution in [0.25, 0.3) is 0 Å². The lowest BCUT2D eigenvalue weighted by Crippen LogP contribution is -2.61. The van der Waals surface area contributed by atoms with Gasteiger partial charge in [-0.2, -0.15) is 12.7 Å². The molecule has 22 heavy (non-hydrogen) atoms. The smallest absolute Gasteiger partial charge is 0.277 e. The first-order valence-electron chi connectivity index (χ1n) is 7.22. The van der Waals surface area contributed by atoms with Gasteiger partial charge in [-0.15, -0.1) is 0 Å². The maximum atomic E-state index is 12.7. The highest BCUT2D eigenvalue weighted by molar-refractivity contribution is 7.86. The Morgan fingerprint density at radius 3 is 2.00 bits per heavy atom. The van der Waals surface area contributed by atoms with Gasteiger partial charge in [0.05, 0.1) is 0 Å². The van der Waals surface area contributed by atoms with E-state index in [4.69, 9.17) is 10.9 Å². The molecule has 120 valence electrons. The molecule has 0 atom stereocenters. The standard InChI is InChI=1S/C14H20N4O3S/c15-14(9-11-3-1-2-4-12(11)10-14)13(19)17-5-7-18(8-6-17)22(16,20)21/h1-4H,5-10,15H2,(H2,16,20,21). The maximum absolute atomic E-state index is 12.7. The van der Waals surface area contributed by atoms with Crippen LogP contribution in [0.2, 0.25) is 0 Å². The zero-order chi connectivity index (χ0) is 16.0. The SMILES string of the molecule is NC1(C(=O)N2CCN(S(N)(=O)=O)CC2)Cc2ccccc2C1. The molecule has 0 saturated carbocycles. The summed E-state index contributed by atoms with van der Waals surface area (Å²) in [4.78, 5) is 14.4. The lowest BCUT2D eigenvalue weighted by Gasteiger charge is -2.37. The fourth-order valence-corrected chi connectivity index (χ4v) is 3.93. The largest absolute Gasteiger partial charge is 0.338 e. The molecule has 1 fully saturated rings. The van der Waals surface area contributed by atoms with E-state index < -0.39 is 15.7 Å². The minimum absolute atomic E-state index is 0.113. The molecule has 2 aliphatic rings. The topological polar surface area (TPSA) is 110 Å². The highest BCUT2D eigenvalue weighted by atomic mass is 32.2. The molecule has 0 spiro atoms. The summed E-state index contributed by atoms with van der Waals surface area (Å²) in [6, 6.07) is 7.88. The number of benzene rings is 1. The van der Waals surface area contributed by atoms with Gasteiger partial charge in [-0.05, 0) is 24.0 Å². The van der Waals surface area contributed by atoms with Crippen LogP contribution in [-0.4, -0.2) is 55.2 Å². The molecule has 1 heterocycles. The van der Waals surface area contributed by atoms with Crippen molar-refractivity contribution < 1.29 is 13.2 Å². The van der Waals surface area contributed by atoms with E-state index in [2.05, 4.69) is 0 Å². The summed E-state index contributed by atoms with van der Waals surface area (Å²) >= 11 is 0. The molecular weight excluding hydrogens is 304 g/mol. The molecule has 1 aliphatic carbocycles. The molecule has 1 saturated heterocycles. The third-order valence-corrected chi connectivity index (χ3v) is 5.53. The maximum Gasteiger partial charge on any atom is 0.277 e. The summed E-state index contributed by atoms with van der Waals surface area (Å²) in [7, 11) is -3.69. The van der Waals surface area contributed by atoms with E-state index in [9.17, 15) is 13.2 Å². The van der Waals surface area contributed by atoms with Gasteiger partial charge < -0.3 is 10.6 Å². The van der Waals surface area contributed by atoms with Gasteiger partial charge in [-0.25, -0.2) is 5.14 Å². The van der Waals surface area contributed by atoms with E-state index in [0.717, 1.165) is 11.1 Å². The minimum atomic E-state index is -3.69. The number of hydrogen-bond acceptors (Lipinski definition) is 4. The highest BCUT2D eigenvalue weighted by Gasteiger charge is 2.43. The molecule has 0 radical (unpaired) electrons. The van der Waals surface area contributed by atoms with Crippen molar-refractivity contribution >= 4 is 16.1 Å². The van der Waals surface area contributed by atoms with Gasteiger partial charge >= 0.3 is 0 Å². The van der Waals surface area contributed by atoms with Crippen molar-refractivity contribution in [2.24, 2.45) is 10.9 Å². The predicted molar refractivity (Wildman–Crippen MR) is 82.0 cm³/mol. The summed E-state index contributed by atoms with van der Waals surface area (Å²) in [6.45, 7) is 1.08. The van der Waals surface area contributed by atoms with Crippen molar-refractivity contribution in [3.63, 3.8) is 0 Å². The first-order valence-corrected chi connectivity index (χ1v) is 8.73. The molecule has 1 aromatic rings. The average molecular weight is 324 g/mol. The van der Waals surface area contributed by atoms with Crippen LogP contribution in [0.3, 0.4) is 0 Å². The fourth-order valence-electron chi connectivity index (χ4n) is 3.26. The van der Waals surface area contributed by atoms with Crippen molar-refractivity contribution in [3.8, 4) is 0 Å².